The van der Waals surface area contributed by atoms with Crippen molar-refractivity contribution in [2.24, 2.45) is 0 Å². The minimum atomic E-state index is -0.156. The van der Waals surface area contributed by atoms with Gasteiger partial charge in [0, 0.05) is 32.3 Å². The molecule has 2 N–H and O–H groups in total. The average Bonchev–Trinajstić information content (AvgIpc) is 2.78. The van der Waals surface area contributed by atoms with Crippen LogP contribution in [0.5, 0.6) is 0 Å². The van der Waals surface area contributed by atoms with Gasteiger partial charge in [0.05, 0.1) is 0 Å². The fourth-order valence-electron chi connectivity index (χ4n) is 2.13. The van der Waals surface area contributed by atoms with Gasteiger partial charge in [0.1, 0.15) is 6.04 Å². The van der Waals surface area contributed by atoms with Gasteiger partial charge in [-0.05, 0) is 18.1 Å². The van der Waals surface area contributed by atoms with E-state index >= 15 is 0 Å². The predicted molar refractivity (Wildman–Crippen MR) is 66.9 cm³/mol. The highest BCUT2D eigenvalue weighted by atomic mass is 16.3. The maximum Gasteiger partial charge on any atom is 0.245 e. The molecule has 1 aliphatic rings. The number of rotatable bonds is 4. The first kappa shape index (κ1) is 11.9. The second kappa shape index (κ2) is 5.19. The van der Waals surface area contributed by atoms with E-state index in [-0.39, 0.29) is 18.6 Å². The zero-order valence-electron chi connectivity index (χ0n) is 10.0. The summed E-state index contributed by atoms with van der Waals surface area (Å²) in [5.41, 5.74) is 2.25. The lowest BCUT2D eigenvalue weighted by atomic mass is 10.1. The minimum absolute atomic E-state index is 0.0923. The number of fused-ring (bicyclic) bond motifs is 1. The molecule has 0 radical (unpaired) electrons. The quantitative estimate of drug-likeness (QED) is 0.812. The highest BCUT2D eigenvalue weighted by Gasteiger charge is 2.28. The Morgan fingerprint density at radius 3 is 3.00 bits per heavy atom. The van der Waals surface area contributed by atoms with Gasteiger partial charge in [-0.2, -0.15) is 0 Å². The Labute approximate surface area is 101 Å². The van der Waals surface area contributed by atoms with Crippen LogP contribution < -0.4 is 5.32 Å². The van der Waals surface area contributed by atoms with Crippen LogP contribution in [-0.2, 0) is 11.2 Å². The monoisotopic (exact) mass is 234 g/mol. The van der Waals surface area contributed by atoms with Crippen molar-refractivity contribution in [1.82, 2.24) is 4.90 Å². The van der Waals surface area contributed by atoms with E-state index in [1.807, 2.05) is 24.3 Å². The van der Waals surface area contributed by atoms with Crippen molar-refractivity contribution in [2.75, 3.05) is 25.5 Å². The summed E-state index contributed by atoms with van der Waals surface area (Å²) < 4.78 is 0. The summed E-state index contributed by atoms with van der Waals surface area (Å²) >= 11 is 0. The normalized spacial score (nSPS) is 17.4. The summed E-state index contributed by atoms with van der Waals surface area (Å²) in [5.74, 6) is 0.0923. The van der Waals surface area contributed by atoms with Crippen LogP contribution in [-0.4, -0.2) is 42.2 Å². The Hall–Kier alpha value is -1.55. The molecule has 0 saturated heterocycles. The molecule has 0 fully saturated rings. The fraction of sp³-hybridized carbons (Fsp3) is 0.462. The van der Waals surface area contributed by atoms with Crippen molar-refractivity contribution in [3.8, 4) is 0 Å². The lowest BCUT2D eigenvalue weighted by Crippen LogP contribution is -2.40. The summed E-state index contributed by atoms with van der Waals surface area (Å²) in [6.07, 6.45) is 1.38. The predicted octanol–water partition coefficient (Wildman–Crippen LogP) is 0.864. The van der Waals surface area contributed by atoms with E-state index in [0.29, 0.717) is 13.0 Å². The zero-order valence-corrected chi connectivity index (χ0v) is 10.0. The maximum atomic E-state index is 12.1. The van der Waals surface area contributed by atoms with E-state index < -0.39 is 0 Å². The highest BCUT2D eigenvalue weighted by molar-refractivity contribution is 5.87. The molecule has 1 unspecified atom stereocenters. The van der Waals surface area contributed by atoms with Crippen molar-refractivity contribution in [1.29, 1.82) is 0 Å². The molecule has 0 aromatic heterocycles. The number of amides is 1. The van der Waals surface area contributed by atoms with Crippen molar-refractivity contribution in [3.63, 3.8) is 0 Å². The van der Waals surface area contributed by atoms with E-state index in [0.717, 1.165) is 12.1 Å². The van der Waals surface area contributed by atoms with Crippen LogP contribution in [0.2, 0.25) is 0 Å². The number of likely N-dealkylation sites (N-methyl/N-ethyl adjacent to an activating group) is 1. The number of benzene rings is 1. The van der Waals surface area contributed by atoms with Gasteiger partial charge in [-0.1, -0.05) is 18.2 Å². The van der Waals surface area contributed by atoms with Gasteiger partial charge < -0.3 is 15.3 Å². The number of carbonyl (C=O) groups is 1. The Kier molecular flexibility index (Phi) is 3.64. The molecule has 17 heavy (non-hydrogen) atoms. The molecule has 92 valence electrons. The first-order valence-electron chi connectivity index (χ1n) is 5.92. The van der Waals surface area contributed by atoms with Gasteiger partial charge in [0.15, 0.2) is 0 Å². The topological polar surface area (TPSA) is 52.6 Å². The van der Waals surface area contributed by atoms with E-state index in [1.165, 1.54) is 5.56 Å². The summed E-state index contributed by atoms with van der Waals surface area (Å²) in [6, 6.07) is 7.84. The van der Waals surface area contributed by atoms with Crippen LogP contribution in [0.1, 0.15) is 12.0 Å². The average molecular weight is 234 g/mol. The molecule has 1 aromatic rings. The molecular weight excluding hydrogens is 216 g/mol. The number of anilines is 1. The zero-order chi connectivity index (χ0) is 12.3. The largest absolute Gasteiger partial charge is 0.396 e. The Balaban J connectivity index is 1.96. The van der Waals surface area contributed by atoms with Gasteiger partial charge in [-0.25, -0.2) is 0 Å². The minimum Gasteiger partial charge on any atom is -0.396 e. The van der Waals surface area contributed by atoms with Gasteiger partial charge in [0.2, 0.25) is 5.91 Å². The Bertz CT molecular complexity index is 381. The van der Waals surface area contributed by atoms with Crippen LogP contribution in [0.4, 0.5) is 5.69 Å². The lowest BCUT2D eigenvalue weighted by molar-refractivity contribution is -0.130. The third-order valence-corrected chi connectivity index (χ3v) is 3.10. The van der Waals surface area contributed by atoms with Crippen molar-refractivity contribution < 1.29 is 9.90 Å². The molecule has 1 aliphatic heterocycles. The van der Waals surface area contributed by atoms with E-state index in [2.05, 4.69) is 5.32 Å². The molecule has 0 saturated carbocycles. The number of nitrogens with zero attached hydrogens (tertiary/aromatic N) is 1. The highest BCUT2D eigenvalue weighted by Crippen LogP contribution is 2.25. The van der Waals surface area contributed by atoms with Crippen LogP contribution >= 0.6 is 0 Å². The molecule has 1 heterocycles. The van der Waals surface area contributed by atoms with Gasteiger partial charge >= 0.3 is 0 Å². The summed E-state index contributed by atoms with van der Waals surface area (Å²) in [6.45, 7) is 0.722. The number of para-hydroxylation sites is 1. The number of aliphatic hydroxyl groups excluding tert-OH is 1. The smallest absolute Gasteiger partial charge is 0.245 e. The molecule has 0 spiro atoms. The number of carbonyl (C=O) groups excluding carboxylic acids is 1. The second-order valence-corrected chi connectivity index (χ2v) is 4.40. The maximum absolute atomic E-state index is 12.1. The second-order valence-electron chi connectivity index (χ2n) is 4.40. The van der Waals surface area contributed by atoms with Gasteiger partial charge in [-0.3, -0.25) is 4.79 Å². The molecule has 4 heteroatoms. The van der Waals surface area contributed by atoms with Crippen LogP contribution in [0.15, 0.2) is 24.3 Å². The first-order chi connectivity index (χ1) is 8.22. The molecule has 1 aromatic carbocycles. The van der Waals surface area contributed by atoms with E-state index in [9.17, 15) is 4.79 Å². The number of hydrogen-bond donors (Lipinski definition) is 2. The summed E-state index contributed by atoms with van der Waals surface area (Å²) in [7, 11) is 1.78. The molecule has 0 aliphatic carbocycles. The molecule has 1 atom stereocenters. The van der Waals surface area contributed by atoms with E-state index in [1.54, 1.807) is 11.9 Å². The third-order valence-electron chi connectivity index (χ3n) is 3.10. The standard InChI is InChI=1S/C13H18N2O2/c1-15(7-4-8-16)13(17)12-9-10-5-2-3-6-11(10)14-12/h2-3,5-6,12,14,16H,4,7-9H2,1H3. The fourth-order valence-corrected chi connectivity index (χ4v) is 2.13. The Morgan fingerprint density at radius 1 is 1.53 bits per heavy atom. The number of nitrogens with one attached hydrogen (secondary N) is 1. The molecule has 4 nitrogen and oxygen atoms in total. The van der Waals surface area contributed by atoms with E-state index in [4.69, 9.17) is 5.11 Å². The molecular formula is C13H18N2O2. The van der Waals surface area contributed by atoms with Crippen molar-refractivity contribution in [2.45, 2.75) is 18.9 Å². The summed E-state index contributed by atoms with van der Waals surface area (Å²) in [5, 5.41) is 12.0. The molecule has 1 amide bonds. The van der Waals surface area contributed by atoms with Crippen LogP contribution in [0, 0.1) is 0 Å². The third kappa shape index (κ3) is 2.58. The van der Waals surface area contributed by atoms with Crippen molar-refractivity contribution in [3.05, 3.63) is 29.8 Å². The number of aliphatic hydroxyl groups is 1. The van der Waals surface area contributed by atoms with Gasteiger partial charge in [-0.15, -0.1) is 0 Å². The Morgan fingerprint density at radius 2 is 2.29 bits per heavy atom. The van der Waals surface area contributed by atoms with Crippen LogP contribution in [0.25, 0.3) is 0 Å². The van der Waals surface area contributed by atoms with Gasteiger partial charge in [0.25, 0.3) is 0 Å². The molecule has 2 rings (SSSR count). The number of hydrogen-bond acceptors (Lipinski definition) is 3. The van der Waals surface area contributed by atoms with Crippen molar-refractivity contribution >= 4 is 11.6 Å². The summed E-state index contributed by atoms with van der Waals surface area (Å²) in [4.78, 5) is 13.8. The van der Waals surface area contributed by atoms with Crippen LogP contribution in [0.3, 0.4) is 0 Å². The molecule has 0 bridgehead atoms. The lowest BCUT2D eigenvalue weighted by Gasteiger charge is -2.21. The first-order valence-corrected chi connectivity index (χ1v) is 5.92. The SMILES string of the molecule is CN(CCCO)C(=O)C1Cc2ccccc2N1.